The van der Waals surface area contributed by atoms with E-state index in [4.69, 9.17) is 0 Å². The van der Waals surface area contributed by atoms with Gasteiger partial charge in [0.15, 0.2) is 0 Å². The van der Waals surface area contributed by atoms with Crippen LogP contribution >= 0.6 is 0 Å². The number of hydrogen-bond donors (Lipinski definition) is 2. The van der Waals surface area contributed by atoms with Crippen LogP contribution in [0, 0.1) is 13.8 Å². The molecule has 1 saturated heterocycles. The van der Waals surface area contributed by atoms with Crippen LogP contribution in [-0.2, 0) is 0 Å². The van der Waals surface area contributed by atoms with Crippen molar-refractivity contribution in [1.29, 1.82) is 0 Å². The van der Waals surface area contributed by atoms with E-state index in [0.29, 0.717) is 37.8 Å². The molecule has 3 aromatic rings. The van der Waals surface area contributed by atoms with E-state index in [1.807, 2.05) is 67.3 Å². The number of aromatic nitrogens is 3. The molecule has 30 heavy (non-hydrogen) atoms. The predicted octanol–water partition coefficient (Wildman–Crippen LogP) is 3.59. The smallest absolute Gasteiger partial charge is 0.321 e. The number of nitrogens with one attached hydrogen (secondary N) is 2. The van der Waals surface area contributed by atoms with Crippen molar-refractivity contribution in [2.45, 2.75) is 13.8 Å². The van der Waals surface area contributed by atoms with Gasteiger partial charge in [0.1, 0.15) is 23.3 Å². The number of carbonyl (C=O) groups is 1. The number of carbonyl (C=O) groups excluding carboxylic acids is 1. The third-order valence-electron chi connectivity index (χ3n) is 4.94. The van der Waals surface area contributed by atoms with E-state index < -0.39 is 0 Å². The molecule has 0 spiro atoms. The normalized spacial score (nSPS) is 13.8. The molecule has 0 bridgehead atoms. The number of hydrogen-bond acceptors (Lipinski definition) is 6. The second-order valence-electron chi connectivity index (χ2n) is 7.27. The number of anilines is 4. The van der Waals surface area contributed by atoms with Crippen LogP contribution in [-0.4, -0.2) is 52.1 Å². The Kier molecular flexibility index (Phi) is 5.74. The van der Waals surface area contributed by atoms with Crippen molar-refractivity contribution in [1.82, 2.24) is 19.9 Å². The first-order valence-electron chi connectivity index (χ1n) is 9.98. The molecule has 0 aliphatic carbocycles. The summed E-state index contributed by atoms with van der Waals surface area (Å²) in [6, 6.07) is 15.3. The molecule has 1 aliphatic heterocycles. The fourth-order valence-electron chi connectivity index (χ4n) is 3.32. The zero-order valence-corrected chi connectivity index (χ0v) is 17.2. The van der Waals surface area contributed by atoms with E-state index in [2.05, 4.69) is 30.5 Å². The van der Waals surface area contributed by atoms with Gasteiger partial charge in [-0.25, -0.2) is 19.7 Å². The van der Waals surface area contributed by atoms with Crippen LogP contribution < -0.4 is 15.5 Å². The summed E-state index contributed by atoms with van der Waals surface area (Å²) in [6.45, 7) is 6.57. The van der Waals surface area contributed by atoms with Gasteiger partial charge in [-0.05, 0) is 38.1 Å². The highest BCUT2D eigenvalue weighted by Crippen LogP contribution is 2.20. The summed E-state index contributed by atoms with van der Waals surface area (Å²) in [5.41, 5.74) is 1.98. The highest BCUT2D eigenvalue weighted by molar-refractivity contribution is 5.89. The van der Waals surface area contributed by atoms with E-state index in [-0.39, 0.29) is 6.03 Å². The number of benzene rings is 1. The Morgan fingerprint density at radius 3 is 2.40 bits per heavy atom. The fraction of sp³-hybridized carbons (Fsp3) is 0.273. The molecule has 1 aromatic carbocycles. The zero-order valence-electron chi connectivity index (χ0n) is 17.2. The van der Waals surface area contributed by atoms with Crippen LogP contribution in [0.3, 0.4) is 0 Å². The highest BCUT2D eigenvalue weighted by atomic mass is 16.2. The molecule has 0 saturated carbocycles. The maximum absolute atomic E-state index is 12.6. The monoisotopic (exact) mass is 403 g/mol. The van der Waals surface area contributed by atoms with Crippen LogP contribution in [0.25, 0.3) is 0 Å². The van der Waals surface area contributed by atoms with Crippen molar-refractivity contribution < 1.29 is 4.79 Å². The quantitative estimate of drug-likeness (QED) is 0.692. The van der Waals surface area contributed by atoms with Gasteiger partial charge in [0.2, 0.25) is 0 Å². The van der Waals surface area contributed by atoms with Crippen LogP contribution in [0.15, 0.2) is 54.7 Å². The van der Waals surface area contributed by atoms with Crippen LogP contribution in [0.4, 0.5) is 27.9 Å². The third kappa shape index (κ3) is 4.83. The second kappa shape index (κ2) is 8.77. The molecule has 3 heterocycles. The second-order valence-corrected chi connectivity index (χ2v) is 7.27. The van der Waals surface area contributed by atoms with Gasteiger partial charge in [-0.3, -0.25) is 0 Å². The minimum absolute atomic E-state index is 0.0742. The molecular weight excluding hydrogens is 378 g/mol. The first kappa shape index (κ1) is 19.6. The summed E-state index contributed by atoms with van der Waals surface area (Å²) in [4.78, 5) is 29.9. The van der Waals surface area contributed by atoms with Gasteiger partial charge in [-0.1, -0.05) is 23.8 Å². The lowest BCUT2D eigenvalue weighted by atomic mass is 10.2. The highest BCUT2D eigenvalue weighted by Gasteiger charge is 2.22. The first-order valence-corrected chi connectivity index (χ1v) is 9.98. The lowest BCUT2D eigenvalue weighted by molar-refractivity contribution is 0.208. The maximum atomic E-state index is 12.6. The molecule has 0 atom stereocenters. The maximum Gasteiger partial charge on any atom is 0.321 e. The third-order valence-corrected chi connectivity index (χ3v) is 4.94. The number of pyridine rings is 1. The summed E-state index contributed by atoms with van der Waals surface area (Å²) in [5, 5.41) is 6.18. The van der Waals surface area contributed by atoms with E-state index in [1.165, 1.54) is 5.56 Å². The van der Waals surface area contributed by atoms with Crippen LogP contribution in [0.2, 0.25) is 0 Å². The Balaban J connectivity index is 1.37. The standard InChI is InChI=1S/C22H25N7O/c1-16-6-8-18(9-7-16)26-22(30)29-13-11-28(12-14-29)21-15-20(24-17(2)25-21)27-19-5-3-4-10-23-19/h3-10,15H,11-14H2,1-2H3,(H,26,30)(H,23,24,25,27). The van der Waals surface area contributed by atoms with E-state index >= 15 is 0 Å². The van der Waals surface area contributed by atoms with E-state index in [1.54, 1.807) is 6.20 Å². The van der Waals surface area contributed by atoms with Crippen molar-refractivity contribution in [3.8, 4) is 0 Å². The number of piperazine rings is 1. The number of aryl methyl sites for hydroxylation is 2. The minimum atomic E-state index is -0.0742. The van der Waals surface area contributed by atoms with Crippen molar-refractivity contribution >= 4 is 29.2 Å². The average Bonchev–Trinajstić information content (AvgIpc) is 2.76. The topological polar surface area (TPSA) is 86.3 Å². The van der Waals surface area contributed by atoms with Gasteiger partial charge < -0.3 is 20.4 Å². The van der Waals surface area contributed by atoms with Crippen molar-refractivity contribution in [2.24, 2.45) is 0 Å². The Labute approximate surface area is 176 Å². The SMILES string of the molecule is Cc1ccc(NC(=O)N2CCN(c3cc(Nc4ccccn4)nc(C)n3)CC2)cc1. The molecule has 8 heteroatoms. The van der Waals surface area contributed by atoms with Gasteiger partial charge >= 0.3 is 6.03 Å². The molecule has 2 aromatic heterocycles. The summed E-state index contributed by atoms with van der Waals surface area (Å²) >= 11 is 0. The Bertz CT molecular complexity index is 1000. The summed E-state index contributed by atoms with van der Waals surface area (Å²) < 4.78 is 0. The van der Waals surface area contributed by atoms with E-state index in [9.17, 15) is 4.79 Å². The summed E-state index contributed by atoms with van der Waals surface area (Å²) in [6.07, 6.45) is 1.73. The molecule has 0 radical (unpaired) electrons. The number of nitrogens with zero attached hydrogens (tertiary/aromatic N) is 5. The molecule has 4 rings (SSSR count). The lowest BCUT2D eigenvalue weighted by Gasteiger charge is -2.35. The lowest BCUT2D eigenvalue weighted by Crippen LogP contribution is -2.50. The molecule has 2 amide bonds. The molecule has 1 fully saturated rings. The summed E-state index contributed by atoms with van der Waals surface area (Å²) in [7, 11) is 0. The number of rotatable bonds is 4. The molecule has 2 N–H and O–H groups in total. The van der Waals surface area contributed by atoms with E-state index in [0.717, 1.165) is 17.3 Å². The van der Waals surface area contributed by atoms with Crippen molar-refractivity contribution in [3.05, 3.63) is 66.1 Å². The van der Waals surface area contributed by atoms with Gasteiger partial charge in [-0.15, -0.1) is 0 Å². The van der Waals surface area contributed by atoms with Gasteiger partial charge in [0.25, 0.3) is 0 Å². The summed E-state index contributed by atoms with van der Waals surface area (Å²) in [5.74, 6) is 2.97. The minimum Gasteiger partial charge on any atom is -0.353 e. The molecule has 0 unspecified atom stereocenters. The van der Waals surface area contributed by atoms with Crippen molar-refractivity contribution in [3.63, 3.8) is 0 Å². The van der Waals surface area contributed by atoms with Crippen LogP contribution in [0.1, 0.15) is 11.4 Å². The number of amides is 2. The molecule has 8 nitrogen and oxygen atoms in total. The van der Waals surface area contributed by atoms with Crippen molar-refractivity contribution in [2.75, 3.05) is 41.7 Å². The number of urea groups is 1. The zero-order chi connectivity index (χ0) is 20.9. The molecular formula is C22H25N7O. The Morgan fingerprint density at radius 1 is 0.933 bits per heavy atom. The Hall–Kier alpha value is -3.68. The fourth-order valence-corrected chi connectivity index (χ4v) is 3.32. The van der Waals surface area contributed by atoms with Gasteiger partial charge in [0.05, 0.1) is 0 Å². The van der Waals surface area contributed by atoms with Crippen LogP contribution in [0.5, 0.6) is 0 Å². The van der Waals surface area contributed by atoms with Gasteiger partial charge in [-0.2, -0.15) is 0 Å². The molecule has 1 aliphatic rings. The molecule has 154 valence electrons. The predicted molar refractivity (Wildman–Crippen MR) is 118 cm³/mol. The Morgan fingerprint density at radius 2 is 1.70 bits per heavy atom. The average molecular weight is 403 g/mol. The largest absolute Gasteiger partial charge is 0.353 e. The van der Waals surface area contributed by atoms with Gasteiger partial charge in [0, 0.05) is 44.1 Å². The first-order chi connectivity index (χ1) is 14.6.